The minimum Gasteiger partial charge on any atom is -0.355 e. The minimum absolute atomic E-state index is 0.0670. The van der Waals surface area contributed by atoms with Crippen molar-refractivity contribution in [3.63, 3.8) is 0 Å². The van der Waals surface area contributed by atoms with Crippen molar-refractivity contribution >= 4 is 11.8 Å². The summed E-state index contributed by atoms with van der Waals surface area (Å²) in [7, 11) is 4.21. The van der Waals surface area contributed by atoms with Gasteiger partial charge in [0.1, 0.15) is 18.3 Å². The van der Waals surface area contributed by atoms with Crippen molar-refractivity contribution in [2.24, 2.45) is 11.8 Å². The van der Waals surface area contributed by atoms with E-state index in [0.717, 1.165) is 44.7 Å². The van der Waals surface area contributed by atoms with Crippen LogP contribution in [0.4, 0.5) is 0 Å². The van der Waals surface area contributed by atoms with Crippen LogP contribution in [0.25, 0.3) is 0 Å². The Morgan fingerprint density at radius 1 is 1.33 bits per heavy atom. The van der Waals surface area contributed by atoms with Crippen molar-refractivity contribution in [2.45, 2.75) is 38.9 Å². The third-order valence-electron chi connectivity index (χ3n) is 5.72. The Bertz CT molecular complexity index is 660. The van der Waals surface area contributed by atoms with E-state index in [4.69, 9.17) is 0 Å². The lowest BCUT2D eigenvalue weighted by Gasteiger charge is -2.46. The van der Waals surface area contributed by atoms with Gasteiger partial charge < -0.3 is 20.4 Å². The Morgan fingerprint density at radius 2 is 2.11 bits per heavy atom. The molecule has 3 aliphatic heterocycles. The average molecular weight is 380 g/mol. The van der Waals surface area contributed by atoms with Crippen LogP contribution in [0.3, 0.4) is 0 Å². The van der Waals surface area contributed by atoms with Crippen LogP contribution in [0.5, 0.6) is 0 Å². The molecule has 4 heterocycles. The molecule has 4 N–H and O–H groups in total. The molecule has 3 saturated heterocycles. The maximum atomic E-state index is 12.5. The zero-order chi connectivity index (χ0) is 19.4. The Kier molecular flexibility index (Phi) is 6.43. The summed E-state index contributed by atoms with van der Waals surface area (Å²) in [5.41, 5.74) is 1.03. The van der Waals surface area contributed by atoms with Gasteiger partial charge in [-0.2, -0.15) is 0 Å². The Morgan fingerprint density at radius 3 is 2.78 bits per heavy atom. The zero-order valence-electron chi connectivity index (χ0n) is 16.6. The lowest BCUT2D eigenvalue weighted by molar-refractivity contribution is -0.945. The van der Waals surface area contributed by atoms with Gasteiger partial charge >= 0.3 is 0 Å². The third-order valence-corrected chi connectivity index (χ3v) is 5.72. The van der Waals surface area contributed by atoms with E-state index in [1.165, 1.54) is 16.7 Å². The molecule has 0 radical (unpaired) electrons. The summed E-state index contributed by atoms with van der Waals surface area (Å²) < 4.78 is 1.97. The molecule has 3 fully saturated rings. The number of aromatic nitrogens is 3. The summed E-state index contributed by atoms with van der Waals surface area (Å²) in [6.45, 7) is 6.25. The summed E-state index contributed by atoms with van der Waals surface area (Å²) in [5, 5.41) is 14.3. The SMILES string of the molecule is CC(=O)NCCNC(=O)[C@H]1C[NH+]2CC[C@@H]1C[C@@H]2Cn1cc(C[NH+](C)C)nn1. The summed E-state index contributed by atoms with van der Waals surface area (Å²) >= 11 is 0. The van der Waals surface area contributed by atoms with Gasteiger partial charge in [-0.1, -0.05) is 5.21 Å². The summed E-state index contributed by atoms with van der Waals surface area (Å²) in [6, 6.07) is 0.508. The molecule has 0 spiro atoms. The van der Waals surface area contributed by atoms with Crippen molar-refractivity contribution in [3.05, 3.63) is 11.9 Å². The molecular weight excluding hydrogens is 346 g/mol. The zero-order valence-corrected chi connectivity index (χ0v) is 16.6. The number of nitrogens with zero attached hydrogens (tertiary/aromatic N) is 3. The molecule has 9 heteroatoms. The van der Waals surface area contributed by atoms with Gasteiger partial charge in [-0.15, -0.1) is 5.10 Å². The number of hydrogen-bond acceptors (Lipinski definition) is 4. The normalized spacial score (nSPS) is 27.0. The lowest BCUT2D eigenvalue weighted by Crippen LogP contribution is -3.20. The fourth-order valence-corrected chi connectivity index (χ4v) is 4.47. The van der Waals surface area contributed by atoms with E-state index >= 15 is 0 Å². The first-order chi connectivity index (χ1) is 12.9. The van der Waals surface area contributed by atoms with Crippen LogP contribution in [0.1, 0.15) is 25.5 Å². The van der Waals surface area contributed by atoms with Gasteiger partial charge in [0.15, 0.2) is 0 Å². The van der Waals surface area contributed by atoms with E-state index in [2.05, 4.69) is 41.2 Å². The second kappa shape index (κ2) is 8.79. The van der Waals surface area contributed by atoms with Gasteiger partial charge in [0.25, 0.3) is 0 Å². The Hall–Kier alpha value is -2.00. The average Bonchev–Trinajstić information content (AvgIpc) is 3.05. The molecule has 2 amide bonds. The van der Waals surface area contributed by atoms with Gasteiger partial charge in [0.05, 0.1) is 45.8 Å². The third kappa shape index (κ3) is 5.26. The van der Waals surface area contributed by atoms with Crippen LogP contribution in [-0.2, 0) is 22.7 Å². The summed E-state index contributed by atoms with van der Waals surface area (Å²) in [5.74, 6) is 0.606. The molecule has 1 aromatic rings. The van der Waals surface area contributed by atoms with Gasteiger partial charge in [-0.25, -0.2) is 4.68 Å². The van der Waals surface area contributed by atoms with E-state index in [1.807, 2.05) is 4.68 Å². The minimum atomic E-state index is -0.0670. The quantitative estimate of drug-likeness (QED) is 0.352. The first-order valence-electron chi connectivity index (χ1n) is 9.97. The van der Waals surface area contributed by atoms with Gasteiger partial charge in [0.2, 0.25) is 11.8 Å². The van der Waals surface area contributed by atoms with Crippen molar-refractivity contribution in [1.29, 1.82) is 0 Å². The first kappa shape index (κ1) is 19.8. The topological polar surface area (TPSA) is 97.8 Å². The van der Waals surface area contributed by atoms with Crippen LogP contribution < -0.4 is 20.4 Å². The van der Waals surface area contributed by atoms with Gasteiger partial charge in [0, 0.05) is 32.9 Å². The number of carbonyl (C=O) groups is 2. The molecule has 9 nitrogen and oxygen atoms in total. The molecule has 27 heavy (non-hydrogen) atoms. The molecular formula is C18H33N7O2+2. The molecule has 0 saturated carbocycles. The van der Waals surface area contributed by atoms with Crippen molar-refractivity contribution in [3.8, 4) is 0 Å². The summed E-state index contributed by atoms with van der Waals surface area (Å²) in [6.07, 6.45) is 4.23. The number of amides is 2. The van der Waals surface area contributed by atoms with E-state index in [9.17, 15) is 9.59 Å². The van der Waals surface area contributed by atoms with Crippen molar-refractivity contribution in [2.75, 3.05) is 40.3 Å². The van der Waals surface area contributed by atoms with Crippen LogP contribution in [-0.4, -0.2) is 73.1 Å². The molecule has 150 valence electrons. The number of fused-ring (bicyclic) bond motifs is 3. The molecule has 3 aliphatic rings. The second-order valence-corrected chi connectivity index (χ2v) is 8.29. The van der Waals surface area contributed by atoms with Crippen molar-refractivity contribution < 1.29 is 19.4 Å². The van der Waals surface area contributed by atoms with E-state index in [1.54, 1.807) is 0 Å². The molecule has 2 bridgehead atoms. The maximum Gasteiger partial charge on any atom is 0.229 e. The number of quaternary nitrogens is 2. The number of carbonyl (C=O) groups excluding carboxylic acids is 2. The van der Waals surface area contributed by atoms with Gasteiger partial charge in [-0.05, 0) is 5.92 Å². The fraction of sp³-hybridized carbons (Fsp3) is 0.778. The molecule has 1 aromatic heterocycles. The number of piperidine rings is 3. The van der Waals surface area contributed by atoms with Gasteiger partial charge in [-0.3, -0.25) is 9.59 Å². The highest BCUT2D eigenvalue weighted by molar-refractivity contribution is 5.79. The predicted octanol–water partition coefficient (Wildman–Crippen LogP) is -3.53. The van der Waals surface area contributed by atoms with E-state index < -0.39 is 0 Å². The van der Waals surface area contributed by atoms with Crippen molar-refractivity contribution in [1.82, 2.24) is 25.6 Å². The van der Waals surface area contributed by atoms with E-state index in [0.29, 0.717) is 25.0 Å². The Balaban J connectivity index is 1.49. The van der Waals surface area contributed by atoms with Crippen LogP contribution in [0, 0.1) is 11.8 Å². The highest BCUT2D eigenvalue weighted by Crippen LogP contribution is 2.27. The Labute approximate surface area is 160 Å². The highest BCUT2D eigenvalue weighted by Gasteiger charge is 2.46. The fourth-order valence-electron chi connectivity index (χ4n) is 4.47. The first-order valence-corrected chi connectivity index (χ1v) is 9.97. The largest absolute Gasteiger partial charge is 0.355 e. The van der Waals surface area contributed by atoms with Crippen LogP contribution in [0.2, 0.25) is 0 Å². The standard InChI is InChI=1S/C18H31N7O2/c1-13(26)19-5-6-20-18(27)17-12-24-7-4-14(17)8-16(24)11-25-10-15(21-22-25)9-23(2)3/h10,14,16-17H,4-9,11-12H2,1-3H3,(H,19,26)(H,20,27)/p+2/t14-,16-,17+/m1/s1. The number of nitrogens with one attached hydrogen (secondary N) is 4. The maximum absolute atomic E-state index is 12.5. The second-order valence-electron chi connectivity index (χ2n) is 8.29. The molecule has 4 atom stereocenters. The number of rotatable bonds is 8. The van der Waals surface area contributed by atoms with Crippen LogP contribution >= 0.6 is 0 Å². The molecule has 0 aliphatic carbocycles. The monoisotopic (exact) mass is 379 g/mol. The molecule has 1 unspecified atom stereocenters. The summed E-state index contributed by atoms with van der Waals surface area (Å²) in [4.78, 5) is 26.3. The lowest BCUT2D eigenvalue weighted by atomic mass is 9.75. The van der Waals surface area contributed by atoms with Crippen LogP contribution in [0.15, 0.2) is 6.20 Å². The predicted molar refractivity (Wildman–Crippen MR) is 98.9 cm³/mol. The molecule has 0 aromatic carbocycles. The number of hydrogen-bond donors (Lipinski definition) is 4. The smallest absolute Gasteiger partial charge is 0.229 e. The van der Waals surface area contributed by atoms with E-state index in [-0.39, 0.29) is 17.7 Å². The highest BCUT2D eigenvalue weighted by atomic mass is 16.2. The molecule has 4 rings (SSSR count).